The van der Waals surface area contributed by atoms with Crippen LogP contribution in [0.1, 0.15) is 30.3 Å². The van der Waals surface area contributed by atoms with Gasteiger partial charge in [0.05, 0.1) is 19.1 Å². The second-order valence-electron chi connectivity index (χ2n) is 7.44. The van der Waals surface area contributed by atoms with Gasteiger partial charge < -0.3 is 19.1 Å². The summed E-state index contributed by atoms with van der Waals surface area (Å²) in [6.07, 6.45) is 3.98. The van der Waals surface area contributed by atoms with Crippen LogP contribution >= 0.6 is 0 Å². The Labute approximate surface area is 173 Å². The fourth-order valence-electron chi connectivity index (χ4n) is 4.17. The van der Waals surface area contributed by atoms with Gasteiger partial charge >= 0.3 is 0 Å². The van der Waals surface area contributed by atoms with Crippen molar-refractivity contribution in [3.05, 3.63) is 66.2 Å². The Bertz CT molecular complexity index is 1200. The smallest absolute Gasteiger partial charge is 0.249 e. The first-order valence-corrected chi connectivity index (χ1v) is 10.1. The maximum absolute atomic E-state index is 13.1. The van der Waals surface area contributed by atoms with Gasteiger partial charge in [0.25, 0.3) is 0 Å². The zero-order valence-corrected chi connectivity index (χ0v) is 16.7. The quantitative estimate of drug-likeness (QED) is 0.543. The molecule has 0 aliphatic carbocycles. The molecule has 2 aromatic carbocycles. The summed E-state index contributed by atoms with van der Waals surface area (Å²) in [5.41, 5.74) is 2.81. The number of fused-ring (bicyclic) bond motifs is 1. The number of hydrogen-bond acceptors (Lipinski definition) is 5. The van der Waals surface area contributed by atoms with Gasteiger partial charge in [-0.3, -0.25) is 4.79 Å². The molecule has 30 heavy (non-hydrogen) atoms. The molecule has 7 nitrogen and oxygen atoms in total. The minimum Gasteiger partial charge on any atom is -0.496 e. The molecule has 0 saturated carbocycles. The van der Waals surface area contributed by atoms with Gasteiger partial charge in [-0.15, -0.1) is 0 Å². The summed E-state index contributed by atoms with van der Waals surface area (Å²) >= 11 is 0. The molecule has 0 spiro atoms. The van der Waals surface area contributed by atoms with Crippen molar-refractivity contribution in [3.63, 3.8) is 0 Å². The van der Waals surface area contributed by atoms with Crippen LogP contribution in [-0.2, 0) is 11.2 Å². The van der Waals surface area contributed by atoms with Gasteiger partial charge in [0.2, 0.25) is 17.6 Å². The van der Waals surface area contributed by atoms with Gasteiger partial charge in [-0.05, 0) is 36.6 Å². The van der Waals surface area contributed by atoms with E-state index in [1.807, 2.05) is 59.6 Å². The molecule has 4 aromatic rings. The van der Waals surface area contributed by atoms with E-state index in [9.17, 15) is 4.79 Å². The molecule has 0 radical (unpaired) electrons. The van der Waals surface area contributed by atoms with Gasteiger partial charge in [0.1, 0.15) is 11.8 Å². The predicted octanol–water partition coefficient (Wildman–Crippen LogP) is 4.13. The highest BCUT2D eigenvalue weighted by molar-refractivity contribution is 5.89. The number of amides is 1. The highest BCUT2D eigenvalue weighted by Crippen LogP contribution is 2.34. The number of nitrogens with one attached hydrogen (secondary N) is 1. The number of aromatic amines is 1. The number of likely N-dealkylation sites (tertiary alicyclic amines) is 1. The van der Waals surface area contributed by atoms with E-state index in [0.717, 1.165) is 34.9 Å². The standard InChI is InChI=1S/C23H22N4O3/c1-29-20-11-5-3-8-17(20)22-25-23(30-26-22)19-10-6-12-27(19)21(28)13-15-14-24-18-9-4-2-7-16(15)18/h2-5,7-9,11,14,19,24H,6,10,12-13H2,1H3. The molecule has 0 bridgehead atoms. The van der Waals surface area contributed by atoms with Crippen LogP contribution in [0, 0.1) is 0 Å². The third-order valence-electron chi connectivity index (χ3n) is 5.66. The van der Waals surface area contributed by atoms with Gasteiger partial charge in [-0.2, -0.15) is 4.98 Å². The van der Waals surface area contributed by atoms with E-state index in [4.69, 9.17) is 9.26 Å². The predicted molar refractivity (Wildman–Crippen MR) is 112 cm³/mol. The van der Waals surface area contributed by atoms with Gasteiger partial charge in [-0.25, -0.2) is 0 Å². The fraction of sp³-hybridized carbons (Fsp3) is 0.261. The van der Waals surface area contributed by atoms with E-state index in [1.54, 1.807) is 7.11 Å². The molecule has 1 unspecified atom stereocenters. The Balaban J connectivity index is 1.38. The van der Waals surface area contributed by atoms with E-state index >= 15 is 0 Å². The number of rotatable bonds is 5. The van der Waals surface area contributed by atoms with Crippen LogP contribution in [-0.4, -0.2) is 39.6 Å². The number of carbonyl (C=O) groups excluding carboxylic acids is 1. The minimum absolute atomic E-state index is 0.0688. The molecule has 152 valence electrons. The van der Waals surface area contributed by atoms with Crippen molar-refractivity contribution >= 4 is 16.8 Å². The van der Waals surface area contributed by atoms with E-state index in [2.05, 4.69) is 15.1 Å². The Hall–Kier alpha value is -3.61. The molecule has 1 amide bonds. The number of benzene rings is 2. The van der Waals surface area contributed by atoms with E-state index in [-0.39, 0.29) is 11.9 Å². The second kappa shape index (κ2) is 7.67. The fourth-order valence-corrected chi connectivity index (χ4v) is 4.17. The number of aromatic nitrogens is 3. The Morgan fingerprint density at radius 3 is 2.97 bits per heavy atom. The highest BCUT2D eigenvalue weighted by atomic mass is 16.5. The SMILES string of the molecule is COc1ccccc1-c1noc(C2CCCN2C(=O)Cc2c[nH]c3ccccc23)n1. The van der Waals surface area contributed by atoms with Gasteiger partial charge in [0, 0.05) is 23.6 Å². The summed E-state index contributed by atoms with van der Waals surface area (Å²) in [5, 5.41) is 5.22. The molecule has 1 fully saturated rings. The molecule has 7 heteroatoms. The summed E-state index contributed by atoms with van der Waals surface area (Å²) in [6, 6.07) is 15.4. The Morgan fingerprint density at radius 1 is 1.23 bits per heavy atom. The van der Waals surface area contributed by atoms with Crippen molar-refractivity contribution in [2.75, 3.05) is 13.7 Å². The monoisotopic (exact) mass is 402 g/mol. The van der Waals surface area contributed by atoms with E-state index in [1.165, 1.54) is 0 Å². The first kappa shape index (κ1) is 18.4. The molecule has 5 rings (SSSR count). The molecular formula is C23H22N4O3. The minimum atomic E-state index is -0.196. The number of carbonyl (C=O) groups is 1. The molecule has 1 atom stereocenters. The van der Waals surface area contributed by atoms with Crippen LogP contribution in [0.3, 0.4) is 0 Å². The Kier molecular flexibility index (Phi) is 4.71. The van der Waals surface area contributed by atoms with Crippen LogP contribution in [0.4, 0.5) is 0 Å². The lowest BCUT2D eigenvalue weighted by atomic mass is 10.1. The van der Waals surface area contributed by atoms with Crippen LogP contribution in [0.25, 0.3) is 22.3 Å². The molecule has 1 N–H and O–H groups in total. The molecule has 1 aliphatic rings. The van der Waals surface area contributed by atoms with Crippen molar-refractivity contribution in [1.82, 2.24) is 20.0 Å². The first-order chi connectivity index (χ1) is 14.7. The zero-order chi connectivity index (χ0) is 20.5. The molecule has 1 saturated heterocycles. The van der Waals surface area contributed by atoms with Crippen molar-refractivity contribution in [1.29, 1.82) is 0 Å². The third-order valence-corrected chi connectivity index (χ3v) is 5.66. The maximum Gasteiger partial charge on any atom is 0.249 e. The lowest BCUT2D eigenvalue weighted by Crippen LogP contribution is -2.32. The van der Waals surface area contributed by atoms with Crippen molar-refractivity contribution in [3.8, 4) is 17.1 Å². The first-order valence-electron chi connectivity index (χ1n) is 10.1. The largest absolute Gasteiger partial charge is 0.496 e. The molecule has 1 aliphatic heterocycles. The Morgan fingerprint density at radius 2 is 2.07 bits per heavy atom. The van der Waals surface area contributed by atoms with Crippen molar-refractivity contribution in [2.24, 2.45) is 0 Å². The van der Waals surface area contributed by atoms with Crippen LogP contribution in [0.2, 0.25) is 0 Å². The summed E-state index contributed by atoms with van der Waals surface area (Å²) in [5.74, 6) is 1.70. The average molecular weight is 402 g/mol. The number of ether oxygens (including phenoxy) is 1. The maximum atomic E-state index is 13.1. The lowest BCUT2D eigenvalue weighted by molar-refractivity contribution is -0.131. The summed E-state index contributed by atoms with van der Waals surface area (Å²) in [6.45, 7) is 0.693. The van der Waals surface area contributed by atoms with Crippen molar-refractivity contribution < 1.29 is 14.1 Å². The number of H-pyrrole nitrogens is 1. The van der Waals surface area contributed by atoms with Gasteiger partial charge in [0.15, 0.2) is 0 Å². The van der Waals surface area contributed by atoms with E-state index < -0.39 is 0 Å². The number of methoxy groups -OCH3 is 1. The number of nitrogens with zero attached hydrogens (tertiary/aromatic N) is 3. The third kappa shape index (κ3) is 3.22. The second-order valence-corrected chi connectivity index (χ2v) is 7.44. The highest BCUT2D eigenvalue weighted by Gasteiger charge is 2.34. The normalized spacial score (nSPS) is 16.3. The van der Waals surface area contributed by atoms with Crippen LogP contribution < -0.4 is 4.74 Å². The zero-order valence-electron chi connectivity index (χ0n) is 16.7. The molecule has 3 heterocycles. The van der Waals surface area contributed by atoms with Crippen LogP contribution in [0.15, 0.2) is 59.3 Å². The van der Waals surface area contributed by atoms with E-state index in [0.29, 0.717) is 30.4 Å². The average Bonchev–Trinajstić information content (AvgIpc) is 3.53. The number of hydrogen-bond donors (Lipinski definition) is 1. The molecular weight excluding hydrogens is 380 g/mol. The summed E-state index contributed by atoms with van der Waals surface area (Å²) in [4.78, 5) is 22.8. The topological polar surface area (TPSA) is 84.3 Å². The molecule has 2 aromatic heterocycles. The summed E-state index contributed by atoms with van der Waals surface area (Å²) < 4.78 is 11.0. The van der Waals surface area contributed by atoms with Crippen molar-refractivity contribution in [2.45, 2.75) is 25.3 Å². The number of para-hydroxylation sites is 2. The van der Waals surface area contributed by atoms with Gasteiger partial charge in [-0.1, -0.05) is 35.5 Å². The summed E-state index contributed by atoms with van der Waals surface area (Å²) in [7, 11) is 1.61. The van der Waals surface area contributed by atoms with Crippen LogP contribution in [0.5, 0.6) is 5.75 Å². The lowest BCUT2D eigenvalue weighted by Gasteiger charge is -2.21.